The smallest absolute Gasteiger partial charge is 0.351 e. The molecule has 1 N–H and O–H groups in total. The lowest BCUT2D eigenvalue weighted by Gasteiger charge is -2.32. The van der Waals surface area contributed by atoms with E-state index in [1.54, 1.807) is 11.8 Å². The zero-order valence-corrected chi connectivity index (χ0v) is 17.7. The second kappa shape index (κ2) is 7.36. The zero-order valence-electron chi connectivity index (χ0n) is 17.7. The third kappa shape index (κ3) is 3.61. The Bertz CT molecular complexity index is 1340. The number of H-pyrrole nitrogens is 1. The number of carbonyl (C=O) groups excluding carboxylic acids is 1. The van der Waals surface area contributed by atoms with Crippen molar-refractivity contribution in [2.75, 3.05) is 13.1 Å². The first-order valence-corrected chi connectivity index (χ1v) is 10.5. The van der Waals surface area contributed by atoms with Gasteiger partial charge >= 0.3 is 6.18 Å². The molecule has 0 spiro atoms. The number of rotatable bonds is 2. The monoisotopic (exact) mass is 441 g/mol. The van der Waals surface area contributed by atoms with Gasteiger partial charge in [-0.15, -0.1) is 0 Å². The zero-order chi connectivity index (χ0) is 22.6. The highest BCUT2D eigenvalue weighted by Gasteiger charge is 2.36. The van der Waals surface area contributed by atoms with Crippen LogP contribution in [0.2, 0.25) is 0 Å². The Morgan fingerprint density at radius 2 is 1.97 bits per heavy atom. The van der Waals surface area contributed by atoms with E-state index < -0.39 is 11.9 Å². The fourth-order valence-corrected chi connectivity index (χ4v) is 4.45. The Balaban J connectivity index is 1.45. The number of hydrogen-bond acceptors (Lipinski definition) is 3. The lowest BCUT2D eigenvalue weighted by atomic mass is 9.93. The van der Waals surface area contributed by atoms with E-state index >= 15 is 0 Å². The number of aryl methyl sites for hydroxylation is 2. The molecule has 0 radical (unpaired) electrons. The van der Waals surface area contributed by atoms with Gasteiger partial charge in [-0.3, -0.25) is 4.79 Å². The number of amides is 1. The van der Waals surface area contributed by atoms with Gasteiger partial charge in [0.05, 0.1) is 5.69 Å². The first kappa shape index (κ1) is 20.5. The molecule has 9 heteroatoms. The predicted molar refractivity (Wildman–Crippen MR) is 114 cm³/mol. The van der Waals surface area contributed by atoms with Crippen molar-refractivity contribution in [2.45, 2.75) is 38.8 Å². The van der Waals surface area contributed by atoms with Crippen molar-refractivity contribution >= 4 is 22.5 Å². The number of halogens is 3. The number of alkyl halides is 3. The number of piperidine rings is 1. The van der Waals surface area contributed by atoms with Gasteiger partial charge in [0.2, 0.25) is 0 Å². The maximum Gasteiger partial charge on any atom is 0.433 e. The molecule has 1 amide bonds. The van der Waals surface area contributed by atoms with Crippen LogP contribution in [-0.4, -0.2) is 43.5 Å². The van der Waals surface area contributed by atoms with Crippen LogP contribution >= 0.6 is 0 Å². The van der Waals surface area contributed by atoms with E-state index in [-0.39, 0.29) is 17.5 Å². The Hall–Kier alpha value is -3.36. The second-order valence-corrected chi connectivity index (χ2v) is 8.48. The number of benzene rings is 1. The summed E-state index contributed by atoms with van der Waals surface area (Å²) in [6, 6.07) is 10.4. The molecule has 1 aliphatic rings. The number of aromatic amines is 1. The van der Waals surface area contributed by atoms with E-state index in [4.69, 9.17) is 0 Å². The van der Waals surface area contributed by atoms with Gasteiger partial charge < -0.3 is 9.88 Å². The number of likely N-dealkylation sites (tertiary alicyclic amines) is 1. The largest absolute Gasteiger partial charge is 0.433 e. The average molecular weight is 441 g/mol. The predicted octanol–water partition coefficient (Wildman–Crippen LogP) is 4.87. The molecule has 1 saturated heterocycles. The summed E-state index contributed by atoms with van der Waals surface area (Å²) in [5.74, 6) is -0.429. The summed E-state index contributed by atoms with van der Waals surface area (Å²) in [5.41, 5.74) is 2.59. The van der Waals surface area contributed by atoms with Crippen molar-refractivity contribution in [1.29, 1.82) is 0 Å². The van der Waals surface area contributed by atoms with Gasteiger partial charge in [0.15, 0.2) is 5.65 Å². The molecule has 3 aromatic heterocycles. The van der Waals surface area contributed by atoms with Crippen LogP contribution in [0.1, 0.15) is 51.9 Å². The van der Waals surface area contributed by atoms with E-state index in [0.717, 1.165) is 27.0 Å². The van der Waals surface area contributed by atoms with Gasteiger partial charge in [0.1, 0.15) is 11.4 Å². The number of carbonyl (C=O) groups is 1. The van der Waals surface area contributed by atoms with Crippen LogP contribution in [0.4, 0.5) is 13.2 Å². The summed E-state index contributed by atoms with van der Waals surface area (Å²) in [6.07, 6.45) is -3.19. The van der Waals surface area contributed by atoms with Gasteiger partial charge in [0.25, 0.3) is 5.91 Å². The Morgan fingerprint density at radius 3 is 2.75 bits per heavy atom. The quantitative estimate of drug-likeness (QED) is 0.483. The van der Waals surface area contributed by atoms with Gasteiger partial charge in [-0.25, -0.2) is 9.50 Å². The van der Waals surface area contributed by atoms with Crippen molar-refractivity contribution in [3.05, 3.63) is 64.7 Å². The van der Waals surface area contributed by atoms with Crippen molar-refractivity contribution in [3.8, 4) is 0 Å². The highest BCUT2D eigenvalue weighted by atomic mass is 19.4. The lowest BCUT2D eigenvalue weighted by Crippen LogP contribution is -2.39. The SMILES string of the molecule is Cc1ccc2cc(C(=O)N3CCCC(c4cc(C(F)(F)F)n5nc(C)cc5n4)C3)[nH]c2c1. The van der Waals surface area contributed by atoms with Crippen LogP contribution in [0.25, 0.3) is 16.6 Å². The molecule has 4 heterocycles. The normalized spacial score (nSPS) is 17.4. The second-order valence-electron chi connectivity index (χ2n) is 8.48. The van der Waals surface area contributed by atoms with Crippen LogP contribution in [0.5, 0.6) is 0 Å². The minimum atomic E-state index is -4.55. The van der Waals surface area contributed by atoms with Crippen LogP contribution in [0, 0.1) is 13.8 Å². The molecule has 1 atom stereocenters. The van der Waals surface area contributed by atoms with Crippen molar-refractivity contribution < 1.29 is 18.0 Å². The topological polar surface area (TPSA) is 66.3 Å². The summed E-state index contributed by atoms with van der Waals surface area (Å²) in [4.78, 5) is 22.5. The highest BCUT2D eigenvalue weighted by Crippen LogP contribution is 2.34. The fraction of sp³-hybridized carbons (Fsp3) is 0.348. The third-order valence-corrected chi connectivity index (χ3v) is 5.99. The summed E-state index contributed by atoms with van der Waals surface area (Å²) in [7, 11) is 0. The average Bonchev–Trinajstić information content (AvgIpc) is 3.33. The van der Waals surface area contributed by atoms with Gasteiger partial charge in [-0.1, -0.05) is 12.1 Å². The molecule has 166 valence electrons. The fourth-order valence-electron chi connectivity index (χ4n) is 4.45. The summed E-state index contributed by atoms with van der Waals surface area (Å²) in [5, 5.41) is 4.89. The first-order valence-electron chi connectivity index (χ1n) is 10.5. The molecule has 6 nitrogen and oxygen atoms in total. The summed E-state index contributed by atoms with van der Waals surface area (Å²) >= 11 is 0. The van der Waals surface area contributed by atoms with Crippen LogP contribution in [-0.2, 0) is 6.18 Å². The summed E-state index contributed by atoms with van der Waals surface area (Å²) in [6.45, 7) is 4.50. The number of hydrogen-bond donors (Lipinski definition) is 1. The van der Waals surface area contributed by atoms with Gasteiger partial charge in [-0.05, 0) is 50.5 Å². The number of fused-ring (bicyclic) bond motifs is 2. The van der Waals surface area contributed by atoms with Gasteiger partial charge in [-0.2, -0.15) is 18.3 Å². The van der Waals surface area contributed by atoms with E-state index in [0.29, 0.717) is 43.0 Å². The molecule has 32 heavy (non-hydrogen) atoms. The molecular weight excluding hydrogens is 419 g/mol. The van der Waals surface area contributed by atoms with Crippen LogP contribution in [0.3, 0.4) is 0 Å². The Morgan fingerprint density at radius 1 is 1.16 bits per heavy atom. The molecule has 5 rings (SSSR count). The van der Waals surface area contributed by atoms with Crippen LogP contribution in [0.15, 0.2) is 36.4 Å². The number of nitrogens with one attached hydrogen (secondary N) is 1. The minimum absolute atomic E-state index is 0.152. The standard InChI is InChI=1S/C23H22F3N5O/c1-13-5-6-15-10-19(27-17(15)8-13)22(32)30-7-3-4-16(12-30)18-11-20(23(24,25)26)31-21(28-18)9-14(2)29-31/h5-6,8-11,16,27H,3-4,7,12H2,1-2H3. The van der Waals surface area contributed by atoms with E-state index in [1.807, 2.05) is 31.2 Å². The van der Waals surface area contributed by atoms with E-state index in [2.05, 4.69) is 15.1 Å². The summed E-state index contributed by atoms with van der Waals surface area (Å²) < 4.78 is 41.9. The Labute approximate surface area is 182 Å². The molecule has 1 aromatic carbocycles. The van der Waals surface area contributed by atoms with Crippen molar-refractivity contribution in [1.82, 2.24) is 24.5 Å². The number of aromatic nitrogens is 4. The van der Waals surface area contributed by atoms with Crippen molar-refractivity contribution in [3.63, 3.8) is 0 Å². The molecule has 0 saturated carbocycles. The maximum absolute atomic E-state index is 13.7. The molecule has 1 fully saturated rings. The van der Waals surface area contributed by atoms with Crippen molar-refractivity contribution in [2.24, 2.45) is 0 Å². The number of nitrogens with zero attached hydrogens (tertiary/aromatic N) is 4. The lowest BCUT2D eigenvalue weighted by molar-refractivity contribution is -0.142. The molecule has 4 aromatic rings. The maximum atomic E-state index is 13.7. The first-order chi connectivity index (χ1) is 15.2. The highest BCUT2D eigenvalue weighted by molar-refractivity contribution is 5.98. The van der Waals surface area contributed by atoms with Gasteiger partial charge in [0, 0.05) is 41.7 Å². The Kier molecular flexibility index (Phi) is 4.72. The molecule has 1 aliphatic heterocycles. The van der Waals surface area contributed by atoms with E-state index in [9.17, 15) is 18.0 Å². The minimum Gasteiger partial charge on any atom is -0.351 e. The molecule has 0 aliphatic carbocycles. The van der Waals surface area contributed by atoms with E-state index in [1.165, 1.54) is 6.07 Å². The molecular formula is C23H22F3N5O. The van der Waals surface area contributed by atoms with Crippen LogP contribution < -0.4 is 0 Å². The molecule has 0 bridgehead atoms. The third-order valence-electron chi connectivity index (χ3n) is 5.99. The molecule has 1 unspecified atom stereocenters.